The number of aromatic amines is 1. The molecular formula is C13H14N2O. The molecule has 0 unspecified atom stereocenters. The van der Waals surface area contributed by atoms with Gasteiger partial charge in [-0.25, -0.2) is 0 Å². The van der Waals surface area contributed by atoms with E-state index in [1.54, 1.807) is 6.92 Å². The monoisotopic (exact) mass is 214 g/mol. The van der Waals surface area contributed by atoms with Gasteiger partial charge < -0.3 is 4.98 Å². The number of benzene rings is 1. The Morgan fingerprint density at radius 2 is 1.94 bits per heavy atom. The van der Waals surface area contributed by atoms with E-state index in [0.717, 1.165) is 23.4 Å². The highest BCUT2D eigenvalue weighted by Gasteiger charge is 2.07. The summed E-state index contributed by atoms with van der Waals surface area (Å²) in [4.78, 5) is 18.8. The summed E-state index contributed by atoms with van der Waals surface area (Å²) in [7, 11) is 0. The lowest BCUT2D eigenvalue weighted by Gasteiger charge is -2.07. The van der Waals surface area contributed by atoms with Crippen LogP contribution in [-0.2, 0) is 6.42 Å². The van der Waals surface area contributed by atoms with Crippen LogP contribution in [0.5, 0.6) is 0 Å². The van der Waals surface area contributed by atoms with Gasteiger partial charge in [0.1, 0.15) is 5.69 Å². The maximum atomic E-state index is 11.6. The molecule has 0 bridgehead atoms. The fourth-order valence-corrected chi connectivity index (χ4v) is 1.68. The summed E-state index contributed by atoms with van der Waals surface area (Å²) < 4.78 is 0. The Kier molecular flexibility index (Phi) is 2.86. The smallest absolute Gasteiger partial charge is 0.269 e. The van der Waals surface area contributed by atoms with Gasteiger partial charge >= 0.3 is 0 Å². The first-order valence-electron chi connectivity index (χ1n) is 5.37. The fraction of sp³-hybridized carbons (Fsp3) is 0.231. The van der Waals surface area contributed by atoms with Gasteiger partial charge in [-0.1, -0.05) is 37.3 Å². The fourth-order valence-electron chi connectivity index (χ4n) is 1.68. The van der Waals surface area contributed by atoms with Crippen LogP contribution in [0.25, 0.3) is 11.3 Å². The third kappa shape index (κ3) is 1.89. The van der Waals surface area contributed by atoms with Crippen molar-refractivity contribution in [2.75, 3.05) is 0 Å². The van der Waals surface area contributed by atoms with Crippen molar-refractivity contribution in [1.29, 1.82) is 0 Å². The molecule has 2 rings (SSSR count). The van der Waals surface area contributed by atoms with E-state index >= 15 is 0 Å². The van der Waals surface area contributed by atoms with E-state index in [9.17, 15) is 4.79 Å². The topological polar surface area (TPSA) is 45.8 Å². The maximum Gasteiger partial charge on any atom is 0.269 e. The van der Waals surface area contributed by atoms with E-state index in [0.29, 0.717) is 5.69 Å². The average Bonchev–Trinajstić information content (AvgIpc) is 2.33. The van der Waals surface area contributed by atoms with Crippen molar-refractivity contribution >= 4 is 0 Å². The maximum absolute atomic E-state index is 11.6. The Bertz CT molecular complexity index is 544. The molecule has 0 saturated heterocycles. The van der Waals surface area contributed by atoms with Gasteiger partial charge in [0.15, 0.2) is 0 Å². The van der Waals surface area contributed by atoms with Crippen LogP contribution < -0.4 is 5.56 Å². The largest absolute Gasteiger partial charge is 0.319 e. The summed E-state index contributed by atoms with van der Waals surface area (Å²) in [5, 5.41) is 0. The summed E-state index contributed by atoms with van der Waals surface area (Å²) in [6.07, 6.45) is 0.807. The number of nitrogens with zero attached hydrogens (tertiary/aromatic N) is 1. The second kappa shape index (κ2) is 4.31. The summed E-state index contributed by atoms with van der Waals surface area (Å²) >= 11 is 0. The zero-order valence-electron chi connectivity index (χ0n) is 9.45. The van der Waals surface area contributed by atoms with Gasteiger partial charge in [-0.15, -0.1) is 0 Å². The standard InChI is InChI=1S/C13H14N2O/c1-3-11-12(10-7-5-4-6-8-10)15-13(16)9(2)14-11/h4-8H,3H2,1-2H3,(H,15,16). The second-order valence-corrected chi connectivity index (χ2v) is 3.69. The molecule has 1 aromatic heterocycles. The van der Waals surface area contributed by atoms with E-state index in [1.807, 2.05) is 37.3 Å². The lowest BCUT2D eigenvalue weighted by Crippen LogP contribution is -2.15. The molecule has 0 spiro atoms. The summed E-state index contributed by atoms with van der Waals surface area (Å²) in [5.74, 6) is 0. The first kappa shape index (κ1) is 10.6. The number of aryl methyl sites for hydroxylation is 2. The Labute approximate surface area is 94.2 Å². The molecule has 0 aliphatic rings. The molecule has 82 valence electrons. The number of hydrogen-bond donors (Lipinski definition) is 1. The Morgan fingerprint density at radius 3 is 2.56 bits per heavy atom. The van der Waals surface area contributed by atoms with Crippen molar-refractivity contribution in [3.63, 3.8) is 0 Å². The highest BCUT2D eigenvalue weighted by Crippen LogP contribution is 2.18. The van der Waals surface area contributed by atoms with Crippen LogP contribution in [-0.4, -0.2) is 9.97 Å². The zero-order valence-corrected chi connectivity index (χ0v) is 9.45. The lowest BCUT2D eigenvalue weighted by molar-refractivity contribution is 0.951. The van der Waals surface area contributed by atoms with Gasteiger partial charge in [-0.2, -0.15) is 0 Å². The number of aromatic nitrogens is 2. The van der Waals surface area contributed by atoms with Gasteiger partial charge in [0.25, 0.3) is 5.56 Å². The summed E-state index contributed by atoms with van der Waals surface area (Å²) in [6.45, 7) is 3.76. The van der Waals surface area contributed by atoms with Gasteiger partial charge in [0.2, 0.25) is 0 Å². The van der Waals surface area contributed by atoms with Crippen LogP contribution in [0.1, 0.15) is 18.3 Å². The van der Waals surface area contributed by atoms with Crippen molar-refractivity contribution in [2.45, 2.75) is 20.3 Å². The molecule has 0 aliphatic carbocycles. The normalized spacial score (nSPS) is 10.4. The van der Waals surface area contributed by atoms with Gasteiger partial charge in [0, 0.05) is 0 Å². The third-order valence-corrected chi connectivity index (χ3v) is 2.56. The Morgan fingerprint density at radius 1 is 1.25 bits per heavy atom. The highest BCUT2D eigenvalue weighted by atomic mass is 16.1. The molecule has 0 saturated carbocycles. The molecule has 1 aromatic carbocycles. The average molecular weight is 214 g/mol. The van der Waals surface area contributed by atoms with Crippen LogP contribution in [0.4, 0.5) is 0 Å². The van der Waals surface area contributed by atoms with E-state index in [4.69, 9.17) is 0 Å². The third-order valence-electron chi connectivity index (χ3n) is 2.56. The minimum absolute atomic E-state index is 0.115. The molecule has 0 aliphatic heterocycles. The number of nitrogens with one attached hydrogen (secondary N) is 1. The Hall–Kier alpha value is -1.90. The zero-order chi connectivity index (χ0) is 11.5. The predicted octanol–water partition coefficient (Wildman–Crippen LogP) is 2.31. The first-order valence-corrected chi connectivity index (χ1v) is 5.37. The molecule has 0 fully saturated rings. The predicted molar refractivity (Wildman–Crippen MR) is 64.4 cm³/mol. The molecule has 1 heterocycles. The first-order chi connectivity index (χ1) is 7.72. The van der Waals surface area contributed by atoms with Crippen molar-refractivity contribution < 1.29 is 0 Å². The van der Waals surface area contributed by atoms with Crippen molar-refractivity contribution in [1.82, 2.24) is 9.97 Å². The van der Waals surface area contributed by atoms with Crippen LogP contribution in [0.2, 0.25) is 0 Å². The van der Waals surface area contributed by atoms with Crippen LogP contribution in [0, 0.1) is 6.92 Å². The minimum atomic E-state index is -0.115. The van der Waals surface area contributed by atoms with Crippen molar-refractivity contribution in [3.8, 4) is 11.3 Å². The SMILES string of the molecule is CCc1nc(C)c(=O)[nH]c1-c1ccccc1. The molecule has 1 N–H and O–H groups in total. The molecular weight excluding hydrogens is 200 g/mol. The van der Waals surface area contributed by atoms with Gasteiger partial charge in [-0.3, -0.25) is 9.78 Å². The Balaban J connectivity index is 2.65. The molecule has 16 heavy (non-hydrogen) atoms. The molecule has 3 nitrogen and oxygen atoms in total. The summed E-state index contributed by atoms with van der Waals surface area (Å²) in [6, 6.07) is 9.80. The van der Waals surface area contributed by atoms with Crippen LogP contribution in [0.15, 0.2) is 35.1 Å². The molecule has 0 radical (unpaired) electrons. The van der Waals surface area contributed by atoms with E-state index in [1.165, 1.54) is 0 Å². The lowest BCUT2D eigenvalue weighted by atomic mass is 10.1. The van der Waals surface area contributed by atoms with Gasteiger partial charge in [-0.05, 0) is 18.9 Å². The second-order valence-electron chi connectivity index (χ2n) is 3.69. The molecule has 0 amide bonds. The molecule has 0 atom stereocenters. The number of hydrogen-bond acceptors (Lipinski definition) is 2. The van der Waals surface area contributed by atoms with E-state index in [2.05, 4.69) is 9.97 Å². The summed E-state index contributed by atoms with van der Waals surface area (Å²) in [5.41, 5.74) is 3.18. The quantitative estimate of drug-likeness (QED) is 0.833. The van der Waals surface area contributed by atoms with Crippen LogP contribution in [0.3, 0.4) is 0 Å². The van der Waals surface area contributed by atoms with E-state index in [-0.39, 0.29) is 5.56 Å². The number of H-pyrrole nitrogens is 1. The molecule has 2 aromatic rings. The van der Waals surface area contributed by atoms with Gasteiger partial charge in [0.05, 0.1) is 11.4 Å². The molecule has 3 heteroatoms. The van der Waals surface area contributed by atoms with Crippen molar-refractivity contribution in [3.05, 3.63) is 52.1 Å². The highest BCUT2D eigenvalue weighted by molar-refractivity contribution is 5.61. The minimum Gasteiger partial charge on any atom is -0.319 e. The van der Waals surface area contributed by atoms with Crippen LogP contribution >= 0.6 is 0 Å². The van der Waals surface area contributed by atoms with E-state index < -0.39 is 0 Å². The number of rotatable bonds is 2. The van der Waals surface area contributed by atoms with Crippen molar-refractivity contribution in [2.24, 2.45) is 0 Å².